The number of amides is 1. The number of esters is 1. The van der Waals surface area contributed by atoms with Crippen molar-refractivity contribution < 1.29 is 28.3 Å². The van der Waals surface area contributed by atoms with Gasteiger partial charge in [-0.25, -0.2) is 4.79 Å². The van der Waals surface area contributed by atoms with Crippen LogP contribution in [0.15, 0.2) is 30.3 Å². The first-order valence-electron chi connectivity index (χ1n) is 10.3. The Hall–Kier alpha value is -2.41. The second kappa shape index (κ2) is 10.7. The van der Waals surface area contributed by atoms with Crippen molar-refractivity contribution in [2.75, 3.05) is 13.6 Å². The molecular formula is C20H30N2O5. The number of carbonyl (C=O) groups excluding carboxylic acids is 2. The zero-order valence-electron chi connectivity index (χ0n) is 19.0. The summed E-state index contributed by atoms with van der Waals surface area (Å²) >= 11 is 0. The van der Waals surface area contributed by atoms with Crippen LogP contribution in [0.3, 0.4) is 0 Å². The van der Waals surface area contributed by atoms with Crippen molar-refractivity contribution in [2.24, 2.45) is 5.41 Å². The van der Waals surface area contributed by atoms with E-state index in [1.165, 1.54) is 0 Å². The molecule has 0 aliphatic heterocycles. The number of aliphatic carboxylic acids is 1. The SMILES string of the molecule is [2H]C([2H])([2H])OC(=O)[C@@H](Cc1ccccc1)NC(=O)[C@@H](CC(=O)O)NCCC(C)(C)C. The number of hydrogen-bond donors (Lipinski definition) is 3. The minimum Gasteiger partial charge on any atom is -0.481 e. The van der Waals surface area contributed by atoms with Crippen molar-refractivity contribution in [2.45, 2.75) is 52.1 Å². The van der Waals surface area contributed by atoms with Crippen molar-refractivity contribution in [3.8, 4) is 0 Å². The zero-order chi connectivity index (χ0) is 22.9. The molecule has 0 radical (unpaired) electrons. The van der Waals surface area contributed by atoms with Crippen LogP contribution in [0.4, 0.5) is 0 Å². The average molecular weight is 381 g/mol. The van der Waals surface area contributed by atoms with Crippen LogP contribution >= 0.6 is 0 Å². The summed E-state index contributed by atoms with van der Waals surface area (Å²) < 4.78 is 25.9. The number of methoxy groups -OCH3 is 1. The Balaban J connectivity index is 2.93. The number of ether oxygens (including phenoxy) is 1. The van der Waals surface area contributed by atoms with Crippen LogP contribution in [0, 0.1) is 5.41 Å². The van der Waals surface area contributed by atoms with Gasteiger partial charge in [0, 0.05) is 6.42 Å². The van der Waals surface area contributed by atoms with Gasteiger partial charge in [0.2, 0.25) is 5.91 Å². The van der Waals surface area contributed by atoms with Gasteiger partial charge in [-0.1, -0.05) is 51.1 Å². The van der Waals surface area contributed by atoms with Gasteiger partial charge in [-0.15, -0.1) is 0 Å². The van der Waals surface area contributed by atoms with Crippen LogP contribution < -0.4 is 10.6 Å². The molecule has 0 aliphatic carbocycles. The van der Waals surface area contributed by atoms with Crippen LogP contribution in [0.2, 0.25) is 0 Å². The number of carboxylic acid groups (broad SMARTS) is 1. The number of nitrogens with one attached hydrogen (secondary N) is 2. The van der Waals surface area contributed by atoms with Crippen molar-refractivity contribution in [3.63, 3.8) is 0 Å². The molecule has 1 aromatic carbocycles. The quantitative estimate of drug-likeness (QED) is 0.534. The van der Waals surface area contributed by atoms with Gasteiger partial charge in [0.05, 0.1) is 23.6 Å². The molecule has 1 rings (SSSR count). The number of rotatable bonds is 10. The summed E-state index contributed by atoms with van der Waals surface area (Å²) in [5.74, 6) is -3.01. The fourth-order valence-electron chi connectivity index (χ4n) is 2.44. The summed E-state index contributed by atoms with van der Waals surface area (Å²) in [6.45, 7) is 6.45. The molecule has 0 spiro atoms. The molecule has 7 heteroatoms. The topological polar surface area (TPSA) is 105 Å². The minimum atomic E-state index is -2.96. The third-order valence-electron chi connectivity index (χ3n) is 3.95. The van der Waals surface area contributed by atoms with Crippen LogP contribution in [0.5, 0.6) is 0 Å². The first-order chi connectivity index (χ1) is 13.8. The molecular weight excluding hydrogens is 348 g/mol. The summed E-state index contributed by atoms with van der Waals surface area (Å²) in [5.41, 5.74) is 0.664. The first-order valence-corrected chi connectivity index (χ1v) is 8.79. The maximum absolute atomic E-state index is 12.7. The molecule has 3 N–H and O–H groups in total. The molecule has 1 amide bonds. The molecule has 0 bridgehead atoms. The molecule has 0 saturated carbocycles. The largest absolute Gasteiger partial charge is 0.481 e. The number of carbonyl (C=O) groups is 3. The van der Waals surface area contributed by atoms with Crippen molar-refractivity contribution in [1.82, 2.24) is 10.6 Å². The van der Waals surface area contributed by atoms with E-state index in [-0.39, 0.29) is 11.8 Å². The lowest BCUT2D eigenvalue weighted by Gasteiger charge is -2.23. The van der Waals surface area contributed by atoms with Crippen molar-refractivity contribution >= 4 is 17.8 Å². The van der Waals surface area contributed by atoms with Crippen LogP contribution in [-0.4, -0.2) is 48.6 Å². The monoisotopic (exact) mass is 381 g/mol. The Kier molecular flexibility index (Phi) is 7.10. The predicted octanol–water partition coefficient (Wildman–Crippen LogP) is 1.76. The summed E-state index contributed by atoms with van der Waals surface area (Å²) in [6.07, 6.45) is 0.219. The molecule has 7 nitrogen and oxygen atoms in total. The van der Waals surface area contributed by atoms with Gasteiger partial charge in [-0.3, -0.25) is 9.59 Å². The molecule has 0 aliphatic rings. The standard InChI is InChI=1S/C20H30N2O5/c1-20(2,3)10-11-21-15(13-17(23)24)18(25)22-16(19(26)27-4)12-14-8-6-5-7-9-14/h5-9,15-16,21H,10-13H2,1-4H3,(H,22,25)(H,23,24)/t15-,16-/m1/s1/i4D3. The van der Waals surface area contributed by atoms with Crippen molar-refractivity contribution in [3.05, 3.63) is 35.9 Å². The molecule has 2 atom stereocenters. The molecule has 0 unspecified atom stereocenters. The normalized spacial score (nSPS) is 15.6. The van der Waals surface area contributed by atoms with Crippen molar-refractivity contribution in [1.29, 1.82) is 0 Å². The Morgan fingerprint density at radius 2 is 1.85 bits per heavy atom. The van der Waals surface area contributed by atoms with Crippen LogP contribution in [0.25, 0.3) is 0 Å². The molecule has 0 heterocycles. The van der Waals surface area contributed by atoms with Gasteiger partial charge in [-0.2, -0.15) is 0 Å². The highest BCUT2D eigenvalue weighted by atomic mass is 16.5. The maximum atomic E-state index is 12.7. The highest BCUT2D eigenvalue weighted by Gasteiger charge is 2.28. The predicted molar refractivity (Wildman–Crippen MR) is 102 cm³/mol. The second-order valence-electron chi connectivity index (χ2n) is 7.59. The Labute approximate surface area is 164 Å². The van der Waals surface area contributed by atoms with E-state index in [0.29, 0.717) is 18.5 Å². The smallest absolute Gasteiger partial charge is 0.328 e. The van der Waals surface area contributed by atoms with E-state index in [9.17, 15) is 14.4 Å². The fourth-order valence-corrected chi connectivity index (χ4v) is 2.44. The Bertz CT molecular complexity index is 717. The summed E-state index contributed by atoms with van der Waals surface area (Å²) in [7, 11) is -2.96. The molecule has 0 saturated heterocycles. The lowest BCUT2D eigenvalue weighted by Crippen LogP contribution is -2.52. The zero-order valence-corrected chi connectivity index (χ0v) is 16.0. The lowest BCUT2D eigenvalue weighted by molar-refractivity contribution is -0.145. The summed E-state index contributed by atoms with van der Waals surface area (Å²) in [4.78, 5) is 36.3. The van der Waals surface area contributed by atoms with Gasteiger partial charge in [0.15, 0.2) is 0 Å². The Morgan fingerprint density at radius 1 is 1.19 bits per heavy atom. The number of hydrogen-bond acceptors (Lipinski definition) is 5. The molecule has 27 heavy (non-hydrogen) atoms. The highest BCUT2D eigenvalue weighted by molar-refractivity contribution is 5.90. The van der Waals surface area contributed by atoms with Gasteiger partial charge in [0.1, 0.15) is 6.04 Å². The fraction of sp³-hybridized carbons (Fsp3) is 0.550. The number of carboxylic acids is 1. The van der Waals surface area contributed by atoms with E-state index in [2.05, 4.69) is 15.4 Å². The third-order valence-corrected chi connectivity index (χ3v) is 3.95. The Morgan fingerprint density at radius 3 is 2.41 bits per heavy atom. The summed E-state index contributed by atoms with van der Waals surface area (Å²) in [5, 5.41) is 14.5. The third kappa shape index (κ3) is 9.19. The van der Waals surface area contributed by atoms with E-state index in [1.54, 1.807) is 30.3 Å². The van der Waals surface area contributed by atoms with Gasteiger partial charge in [-0.05, 0) is 23.9 Å². The average Bonchev–Trinajstić information content (AvgIpc) is 2.58. The van der Waals surface area contributed by atoms with Gasteiger partial charge >= 0.3 is 11.9 Å². The molecule has 0 aromatic heterocycles. The van der Waals surface area contributed by atoms with Gasteiger partial charge < -0.3 is 20.5 Å². The van der Waals surface area contributed by atoms with Crippen LogP contribution in [0.1, 0.15) is 43.3 Å². The summed E-state index contributed by atoms with van der Waals surface area (Å²) in [6, 6.07) is 6.34. The second-order valence-corrected chi connectivity index (χ2v) is 7.59. The van der Waals surface area contributed by atoms with Gasteiger partial charge in [0.25, 0.3) is 0 Å². The molecule has 0 fully saturated rings. The van der Waals surface area contributed by atoms with E-state index in [4.69, 9.17) is 9.22 Å². The van der Waals surface area contributed by atoms with E-state index in [0.717, 1.165) is 0 Å². The van der Waals surface area contributed by atoms with Crippen LogP contribution in [-0.2, 0) is 25.5 Å². The molecule has 150 valence electrons. The minimum absolute atomic E-state index is 0.00325. The lowest BCUT2D eigenvalue weighted by atomic mass is 9.92. The van der Waals surface area contributed by atoms with E-state index >= 15 is 0 Å². The van der Waals surface area contributed by atoms with E-state index < -0.39 is 43.4 Å². The maximum Gasteiger partial charge on any atom is 0.328 e. The molecule has 1 aromatic rings. The highest BCUT2D eigenvalue weighted by Crippen LogP contribution is 2.17. The number of benzene rings is 1. The van der Waals surface area contributed by atoms with E-state index in [1.807, 2.05) is 20.8 Å². The first kappa shape index (κ1) is 18.0.